The smallest absolute Gasteiger partial charge is 0.344 e. The lowest BCUT2D eigenvalue weighted by atomic mass is 9.50. The van der Waals surface area contributed by atoms with E-state index in [1.165, 1.54) is 140 Å². The van der Waals surface area contributed by atoms with E-state index in [9.17, 15) is 14.4 Å². The lowest BCUT2D eigenvalue weighted by molar-refractivity contribution is -0.205. The molecule has 0 N–H and O–H groups in total. The summed E-state index contributed by atoms with van der Waals surface area (Å²) >= 11 is 0. The third kappa shape index (κ3) is 20.0. The van der Waals surface area contributed by atoms with E-state index >= 15 is 0 Å². The molecule has 12 nitrogen and oxygen atoms in total. The largest absolute Gasteiger partial charge is 1.00 e. The maximum atomic E-state index is 13.0. The van der Waals surface area contributed by atoms with Crippen LogP contribution in [0.1, 0.15) is 150 Å². The number of aryl methyl sites for hydroxylation is 6. The van der Waals surface area contributed by atoms with Gasteiger partial charge in [0.05, 0.1) is 42.8 Å². The number of esters is 3. The number of hydrogen-bond donors (Lipinski definition) is 0. The van der Waals surface area contributed by atoms with Gasteiger partial charge >= 0.3 is 17.9 Å². The maximum Gasteiger partial charge on any atom is 0.344 e. The fourth-order valence-corrected chi connectivity index (χ4v) is 29.2. The molecule has 0 radical (unpaired) electrons. The van der Waals surface area contributed by atoms with E-state index in [-0.39, 0.29) is 117 Å². The lowest BCUT2D eigenvalue weighted by Crippen LogP contribution is -3.00. The molecule has 0 unspecified atom stereocenters. The second kappa shape index (κ2) is 37.9. The first-order valence-electron chi connectivity index (χ1n) is 42.0. The fourth-order valence-electron chi connectivity index (χ4n) is 22.4. The Kier molecular flexibility index (Phi) is 28.4. The van der Waals surface area contributed by atoms with Gasteiger partial charge in [0.2, 0.25) is 0 Å². The molecule has 0 aromatic heterocycles. The predicted molar refractivity (Wildman–Crippen MR) is 460 cm³/mol. The zero-order valence-corrected chi connectivity index (χ0v) is 75.3. The highest BCUT2D eigenvalue weighted by atomic mass is 79.9. The van der Waals surface area contributed by atoms with Crippen molar-refractivity contribution >= 4 is 60.7 Å². The molecule has 12 aliphatic rings. The number of ether oxygens (including phenoxy) is 6. The quantitative estimate of drug-likeness (QED) is 0.0290. The molecule has 18 heteroatoms. The Hall–Kier alpha value is -7.48. The SMILES string of the molecule is CS(=O)(=O)[O-].Cc1cc([S+](c2ccccc2)c2ccccc2)cc(C)c1OCC(=O)OC1(C)C2CC3CC(C2)CC1C3.Cc1cc([S+](c2ccccc2)c2ccccc2)cc(C)c1OCC(=O)OC1(C)C2CC3CC(C2)CC1C3.Cc1cc([S+](c2ccccc2)c2ccccc2)cc(C)c1OCC(=O)OC1(C)C2CC3CC(C2)CC1C3.[Br-].[Cl-]. The third-order valence-corrected chi connectivity index (χ3v) is 33.7. The second-order valence-corrected chi connectivity index (χ2v) is 42.9. The Balaban J connectivity index is 0.000000148. The van der Waals surface area contributed by atoms with Gasteiger partial charge in [-0.1, -0.05) is 109 Å². The highest BCUT2D eigenvalue weighted by Crippen LogP contribution is 2.62. The van der Waals surface area contributed by atoms with Crippen molar-refractivity contribution in [3.63, 3.8) is 0 Å². The molecule has 12 fully saturated rings. The Morgan fingerprint density at radius 1 is 0.314 bits per heavy atom. The van der Waals surface area contributed by atoms with Crippen LogP contribution in [0.3, 0.4) is 0 Å². The van der Waals surface area contributed by atoms with Gasteiger partial charge in [0.1, 0.15) is 34.1 Å². The standard InChI is InChI=1S/3C33H37O3S.CH4O3S.BrH.ClH/c3*1-22-14-30(37(28-10-6-4-7-11-28)29-12-8-5-9-13-29)15-23(2)32(22)35-21-31(34)36-33(3)26-17-24-16-25(19-26)20-27(33)18-24;1-5(2,3)4;;/h3*4-15,24-27H,16-21H2,1-3H3;1H3,(H,2,3,4);2*1H/q3*+1;;;/p-3. The number of hydrogen-bond acceptors (Lipinski definition) is 12. The predicted octanol–water partition coefficient (Wildman–Crippen LogP) is 15.8. The zero-order chi connectivity index (χ0) is 81.2. The average Bonchev–Trinajstić information content (AvgIpc) is 0.738. The molecule has 0 saturated heterocycles. The van der Waals surface area contributed by atoms with Gasteiger partial charge in [-0.2, -0.15) is 0 Å². The van der Waals surface area contributed by atoms with Crippen molar-refractivity contribution in [1.29, 1.82) is 0 Å². The average molecular weight is 1750 g/mol. The Morgan fingerprint density at radius 3 is 0.619 bits per heavy atom. The van der Waals surface area contributed by atoms with Gasteiger partial charge < -0.3 is 62.4 Å². The van der Waals surface area contributed by atoms with Crippen LogP contribution in [-0.2, 0) is 71.4 Å². The van der Waals surface area contributed by atoms with Crippen LogP contribution in [0.4, 0.5) is 0 Å². The third-order valence-electron chi connectivity index (χ3n) is 27.2. The number of carbonyl (C=O) groups excluding carboxylic acids is 3. The highest BCUT2D eigenvalue weighted by molar-refractivity contribution is 7.97. The summed E-state index contributed by atoms with van der Waals surface area (Å²) < 4.78 is 64.4. The van der Waals surface area contributed by atoms with Gasteiger partial charge in [-0.05, 0) is 336 Å². The molecular formula is C100H114BrClO12S4. The minimum absolute atomic E-state index is 0. The van der Waals surface area contributed by atoms with E-state index in [1.807, 2.05) is 0 Å². The van der Waals surface area contributed by atoms with Gasteiger partial charge in [0.25, 0.3) is 0 Å². The first kappa shape index (κ1) is 88.3. The van der Waals surface area contributed by atoms with Crippen LogP contribution in [0.25, 0.3) is 0 Å². The Bertz CT molecular complexity index is 4300. The van der Waals surface area contributed by atoms with Crippen LogP contribution >= 0.6 is 0 Å². The summed E-state index contributed by atoms with van der Waals surface area (Å²) in [7, 11) is -4.57. The minimum atomic E-state index is -3.92. The van der Waals surface area contributed by atoms with Crippen molar-refractivity contribution in [1.82, 2.24) is 0 Å². The summed E-state index contributed by atoms with van der Waals surface area (Å²) in [5.74, 6) is 9.91. The number of halogens is 2. The topological polar surface area (TPSA) is 164 Å². The highest BCUT2D eigenvalue weighted by Gasteiger charge is 2.60. The molecule has 118 heavy (non-hydrogen) atoms. The van der Waals surface area contributed by atoms with Crippen molar-refractivity contribution in [2.45, 2.75) is 219 Å². The summed E-state index contributed by atoms with van der Waals surface area (Å²) in [6.07, 6.45) is 19.5. The van der Waals surface area contributed by atoms with Crippen LogP contribution < -0.4 is 43.6 Å². The van der Waals surface area contributed by atoms with Gasteiger partial charge in [-0.15, -0.1) is 0 Å². The summed E-state index contributed by atoms with van der Waals surface area (Å²) in [4.78, 5) is 50.6. The Labute approximate surface area is 725 Å². The van der Waals surface area contributed by atoms with E-state index in [1.54, 1.807) is 0 Å². The Morgan fingerprint density at radius 2 is 0.466 bits per heavy atom. The normalized spacial score (nSPS) is 26.7. The van der Waals surface area contributed by atoms with Crippen LogP contribution in [-0.4, -0.2) is 73.8 Å². The van der Waals surface area contributed by atoms with Gasteiger partial charge in [0, 0.05) is 42.7 Å². The van der Waals surface area contributed by atoms with E-state index in [0.29, 0.717) is 41.8 Å². The van der Waals surface area contributed by atoms with Crippen molar-refractivity contribution in [3.8, 4) is 17.2 Å². The molecule has 9 aromatic carbocycles. The molecular weight excluding hydrogens is 1640 g/mol. The van der Waals surface area contributed by atoms with Crippen molar-refractivity contribution < 1.29 is 85.2 Å². The van der Waals surface area contributed by atoms with Crippen molar-refractivity contribution in [2.75, 3.05) is 26.1 Å². The fraction of sp³-hybridized carbons (Fsp3) is 0.430. The van der Waals surface area contributed by atoms with Crippen molar-refractivity contribution in [3.05, 3.63) is 252 Å². The van der Waals surface area contributed by atoms with Gasteiger partial charge in [0.15, 0.2) is 63.9 Å². The van der Waals surface area contributed by atoms with Crippen LogP contribution in [0.15, 0.2) is 262 Å². The molecule has 12 bridgehead atoms. The first-order chi connectivity index (χ1) is 55.7. The molecule has 0 amide bonds. The number of benzene rings is 9. The first-order valence-corrected chi connectivity index (χ1v) is 47.5. The molecule has 0 atom stereocenters. The molecule has 0 aliphatic heterocycles. The zero-order valence-electron chi connectivity index (χ0n) is 69.7. The summed E-state index contributed by atoms with van der Waals surface area (Å²) in [5, 5.41) is 0. The molecule has 12 aliphatic carbocycles. The number of rotatable bonds is 21. The molecule has 0 spiro atoms. The second-order valence-electron chi connectivity index (χ2n) is 35.4. The molecule has 21 rings (SSSR count). The van der Waals surface area contributed by atoms with Gasteiger partial charge in [-0.25, -0.2) is 22.8 Å². The maximum absolute atomic E-state index is 13.0. The van der Waals surface area contributed by atoms with E-state index < -0.39 is 10.1 Å². The van der Waals surface area contributed by atoms with E-state index in [0.717, 1.165) is 86.1 Å². The summed E-state index contributed by atoms with van der Waals surface area (Å²) in [5.41, 5.74) is 5.34. The van der Waals surface area contributed by atoms with Crippen LogP contribution in [0.2, 0.25) is 0 Å². The lowest BCUT2D eigenvalue weighted by Gasteiger charge is -2.59. The van der Waals surface area contributed by atoms with E-state index in [2.05, 4.69) is 281 Å². The van der Waals surface area contributed by atoms with E-state index in [4.69, 9.17) is 41.4 Å². The minimum Gasteiger partial charge on any atom is -1.00 e. The summed E-state index contributed by atoms with van der Waals surface area (Å²) in [6, 6.07) is 77.3. The van der Waals surface area contributed by atoms with Crippen LogP contribution in [0.5, 0.6) is 17.2 Å². The monoisotopic (exact) mass is 1750 g/mol. The van der Waals surface area contributed by atoms with Gasteiger partial charge in [-0.3, -0.25) is 0 Å². The number of carbonyl (C=O) groups is 3. The molecule has 9 aromatic rings. The molecule has 12 saturated carbocycles. The molecule has 0 heterocycles. The summed E-state index contributed by atoms with van der Waals surface area (Å²) in [6.45, 7) is 18.9. The van der Waals surface area contributed by atoms with Crippen LogP contribution in [0, 0.1) is 113 Å². The molecule has 624 valence electrons. The van der Waals surface area contributed by atoms with Crippen molar-refractivity contribution in [2.24, 2.45) is 71.0 Å².